The van der Waals surface area contributed by atoms with Gasteiger partial charge in [-0.3, -0.25) is 15.1 Å². The van der Waals surface area contributed by atoms with E-state index in [0.717, 1.165) is 6.07 Å². The Labute approximate surface area is 115 Å². The number of nitro groups is 1. The minimum absolute atomic E-state index is 0.0401. The van der Waals surface area contributed by atoms with Crippen molar-refractivity contribution in [1.29, 1.82) is 0 Å². The minimum atomic E-state index is -0.733. The molecule has 6 nitrogen and oxygen atoms in total. The normalized spacial score (nSPS) is 10.8. The first-order valence-corrected chi connectivity index (χ1v) is 5.58. The molecule has 0 saturated heterocycles. The summed E-state index contributed by atoms with van der Waals surface area (Å²) in [4.78, 5) is 14.0. The Kier molecular flexibility index (Phi) is 3.70. The van der Waals surface area contributed by atoms with Crippen molar-refractivity contribution in [2.24, 2.45) is 4.99 Å². The molecule has 0 amide bonds. The van der Waals surface area contributed by atoms with Gasteiger partial charge in [-0.1, -0.05) is 23.7 Å². The summed E-state index contributed by atoms with van der Waals surface area (Å²) < 4.78 is 0. The molecule has 98 valence electrons. The van der Waals surface area contributed by atoms with Crippen molar-refractivity contribution in [3.8, 4) is 11.5 Å². The van der Waals surface area contributed by atoms with Crippen LogP contribution >= 0.6 is 0 Å². The van der Waals surface area contributed by atoms with Crippen LogP contribution in [0.5, 0.6) is 11.5 Å². The maximum absolute atomic E-state index is 10.8. The predicted molar refractivity (Wildman–Crippen MR) is 75.5 cm³/mol. The molecule has 20 heavy (non-hydrogen) atoms. The number of phenols is 2. The van der Waals surface area contributed by atoms with Gasteiger partial charge in [0.15, 0.2) is 0 Å². The third kappa shape index (κ3) is 2.77. The average molecular weight is 268 g/mol. The average Bonchev–Trinajstić information content (AvgIpc) is 2.40. The molecule has 0 bridgehead atoms. The summed E-state index contributed by atoms with van der Waals surface area (Å²) in [6, 6.07) is 8.74. The van der Waals surface area contributed by atoms with Gasteiger partial charge in [-0.15, -0.1) is 0 Å². The van der Waals surface area contributed by atoms with Gasteiger partial charge >= 0.3 is 5.69 Å². The summed E-state index contributed by atoms with van der Waals surface area (Å²) in [5.74, 6) is -0.565. The van der Waals surface area contributed by atoms with Crippen LogP contribution in [0.3, 0.4) is 0 Å². The van der Waals surface area contributed by atoms with Crippen LogP contribution in [0.25, 0.3) is 0 Å². The zero-order valence-corrected chi connectivity index (χ0v) is 10.2. The molecule has 0 aromatic heterocycles. The van der Waals surface area contributed by atoms with Crippen molar-refractivity contribution in [1.82, 2.24) is 0 Å². The lowest BCUT2D eigenvalue weighted by Gasteiger charge is -2.03. The van der Waals surface area contributed by atoms with Crippen molar-refractivity contribution in [3.05, 3.63) is 52.1 Å². The Morgan fingerprint density at radius 1 is 1.25 bits per heavy atom. The Balaban J connectivity index is 2.44. The largest absolute Gasteiger partial charge is 0.506 e. The zero-order chi connectivity index (χ0) is 14.7. The summed E-state index contributed by atoms with van der Waals surface area (Å²) in [7, 11) is 5.54. The smallest absolute Gasteiger partial charge is 0.310 e. The molecule has 2 N–H and O–H groups in total. The van der Waals surface area contributed by atoms with Gasteiger partial charge in [0, 0.05) is 17.8 Å². The highest BCUT2D eigenvalue weighted by molar-refractivity contribution is 6.33. The number of nitro benzene ring substituents is 1. The molecule has 0 aliphatic rings. The fourth-order valence-corrected chi connectivity index (χ4v) is 1.61. The van der Waals surface area contributed by atoms with Crippen LogP contribution < -0.4 is 5.46 Å². The van der Waals surface area contributed by atoms with E-state index in [0.29, 0.717) is 0 Å². The Morgan fingerprint density at radius 2 is 1.95 bits per heavy atom. The van der Waals surface area contributed by atoms with Gasteiger partial charge in [-0.05, 0) is 12.1 Å². The molecular weight excluding hydrogens is 259 g/mol. The predicted octanol–water partition coefficient (Wildman–Crippen LogP) is 1.55. The molecule has 2 rings (SSSR count). The highest BCUT2D eigenvalue weighted by Crippen LogP contribution is 2.29. The second-order valence-electron chi connectivity index (χ2n) is 3.98. The van der Waals surface area contributed by atoms with E-state index < -0.39 is 16.4 Å². The lowest BCUT2D eigenvalue weighted by Crippen LogP contribution is -2.06. The van der Waals surface area contributed by atoms with Gasteiger partial charge in [-0.25, -0.2) is 0 Å². The van der Waals surface area contributed by atoms with Crippen LogP contribution in [0, 0.1) is 10.1 Å². The van der Waals surface area contributed by atoms with Gasteiger partial charge in [0.2, 0.25) is 5.75 Å². The first-order valence-electron chi connectivity index (χ1n) is 5.58. The number of hydrogen-bond acceptors (Lipinski definition) is 5. The lowest BCUT2D eigenvalue weighted by molar-refractivity contribution is -0.385. The molecule has 0 atom stereocenters. The van der Waals surface area contributed by atoms with Crippen LogP contribution in [-0.4, -0.2) is 29.2 Å². The van der Waals surface area contributed by atoms with Crippen molar-refractivity contribution in [3.63, 3.8) is 0 Å². The minimum Gasteiger partial charge on any atom is -0.506 e. The number of rotatable bonds is 3. The van der Waals surface area contributed by atoms with Gasteiger partial charge in [-0.2, -0.15) is 0 Å². The second kappa shape index (κ2) is 5.44. The standard InChI is InChI=1S/C13H9BN2O4/c14-9-5-8(13(18)11(6-9)16(19)20)7-15-10-3-1-2-4-12(10)17/h1-7,17-18H. The number of benzene rings is 2. The fraction of sp³-hybridized carbons (Fsp3) is 0. The van der Waals surface area contributed by atoms with Crippen LogP contribution in [0.15, 0.2) is 41.4 Å². The zero-order valence-electron chi connectivity index (χ0n) is 10.2. The SMILES string of the molecule is [B]c1cc(C=Nc2ccccc2O)c(O)c([N+](=O)[O-])c1. The molecule has 0 aliphatic heterocycles. The summed E-state index contributed by atoms with van der Waals surface area (Å²) in [6.07, 6.45) is 1.20. The quantitative estimate of drug-likeness (QED) is 0.382. The van der Waals surface area contributed by atoms with Crippen LogP contribution in [0.4, 0.5) is 11.4 Å². The first kappa shape index (κ1) is 13.6. The van der Waals surface area contributed by atoms with Gasteiger partial charge in [0.25, 0.3) is 0 Å². The number of phenolic OH excluding ortho intramolecular Hbond substituents is 2. The van der Waals surface area contributed by atoms with E-state index in [9.17, 15) is 20.3 Å². The third-order valence-electron chi connectivity index (χ3n) is 2.56. The summed E-state index contributed by atoms with van der Waals surface area (Å²) in [5, 5.41) is 30.1. The Morgan fingerprint density at radius 3 is 2.60 bits per heavy atom. The van der Waals surface area contributed by atoms with Crippen molar-refractivity contribution < 1.29 is 15.1 Å². The molecule has 2 aromatic rings. The van der Waals surface area contributed by atoms with E-state index in [4.69, 9.17) is 7.85 Å². The number of para-hydroxylation sites is 2. The molecule has 0 spiro atoms. The monoisotopic (exact) mass is 268 g/mol. The Bertz CT molecular complexity index is 701. The van der Waals surface area contributed by atoms with Crippen LogP contribution in [0.2, 0.25) is 0 Å². The molecule has 0 saturated carbocycles. The van der Waals surface area contributed by atoms with Crippen molar-refractivity contribution in [2.75, 3.05) is 0 Å². The molecular formula is C13H9BN2O4. The summed E-state index contributed by atoms with van der Waals surface area (Å²) in [5.41, 5.74) is 0.00824. The highest BCUT2D eigenvalue weighted by Gasteiger charge is 2.16. The maximum Gasteiger partial charge on any atom is 0.310 e. The number of aromatic hydroxyl groups is 2. The molecule has 7 heteroatoms. The number of nitrogens with zero attached hydrogens (tertiary/aromatic N) is 2. The fourth-order valence-electron chi connectivity index (χ4n) is 1.61. The maximum atomic E-state index is 10.8. The third-order valence-corrected chi connectivity index (χ3v) is 2.56. The van der Waals surface area contributed by atoms with Crippen LogP contribution in [0.1, 0.15) is 5.56 Å². The van der Waals surface area contributed by atoms with E-state index in [1.54, 1.807) is 18.2 Å². The molecule has 0 aliphatic carbocycles. The second-order valence-corrected chi connectivity index (χ2v) is 3.98. The first-order chi connectivity index (χ1) is 9.49. The van der Waals surface area contributed by atoms with Gasteiger partial charge < -0.3 is 10.2 Å². The topological polar surface area (TPSA) is 96.0 Å². The number of hydrogen-bond donors (Lipinski definition) is 2. The molecule has 2 radical (unpaired) electrons. The summed E-state index contributed by atoms with van der Waals surface area (Å²) in [6.45, 7) is 0. The van der Waals surface area contributed by atoms with E-state index in [1.807, 2.05) is 0 Å². The van der Waals surface area contributed by atoms with E-state index >= 15 is 0 Å². The number of aliphatic imine (C=N–C) groups is 1. The van der Waals surface area contributed by atoms with Gasteiger partial charge in [0.1, 0.15) is 19.3 Å². The highest BCUT2D eigenvalue weighted by atomic mass is 16.6. The van der Waals surface area contributed by atoms with E-state index in [1.165, 1.54) is 18.3 Å². The van der Waals surface area contributed by atoms with Crippen LogP contribution in [-0.2, 0) is 0 Å². The summed E-state index contributed by atoms with van der Waals surface area (Å²) >= 11 is 0. The van der Waals surface area contributed by atoms with Gasteiger partial charge in [0.05, 0.1) is 4.92 Å². The molecule has 0 heterocycles. The van der Waals surface area contributed by atoms with Crippen molar-refractivity contribution >= 4 is 30.9 Å². The van der Waals surface area contributed by atoms with E-state index in [-0.39, 0.29) is 22.5 Å². The molecule has 0 unspecified atom stereocenters. The van der Waals surface area contributed by atoms with E-state index in [2.05, 4.69) is 4.99 Å². The Hall–Kier alpha value is -2.83. The molecule has 2 aromatic carbocycles. The molecule has 0 fully saturated rings. The van der Waals surface area contributed by atoms with Crippen molar-refractivity contribution in [2.45, 2.75) is 0 Å². The lowest BCUT2D eigenvalue weighted by atomic mass is 9.93.